The van der Waals surface area contributed by atoms with Crippen molar-refractivity contribution < 1.29 is 9.35 Å². The first kappa shape index (κ1) is 9.68. The Hall–Kier alpha value is -0.870. The van der Waals surface area contributed by atoms with Crippen LogP contribution in [0.4, 0.5) is 0 Å². The molecule has 0 bridgehead atoms. The summed E-state index contributed by atoms with van der Waals surface area (Å²) in [5, 5.41) is 7.37. The Labute approximate surface area is 86.6 Å². The van der Waals surface area contributed by atoms with Crippen LogP contribution in [-0.2, 0) is 4.79 Å². The molecule has 0 aliphatic heterocycles. The van der Waals surface area contributed by atoms with Crippen molar-refractivity contribution in [2.24, 2.45) is 11.8 Å². The zero-order valence-corrected chi connectivity index (χ0v) is 8.33. The van der Waals surface area contributed by atoms with Crippen LogP contribution in [0.15, 0.2) is 24.3 Å². The summed E-state index contributed by atoms with van der Waals surface area (Å²) in [5.74, 6) is -0.181. The van der Waals surface area contributed by atoms with Gasteiger partial charge in [0.25, 0.3) is 0 Å². The third-order valence-corrected chi connectivity index (χ3v) is 3.48. The quantitative estimate of drug-likeness (QED) is 0.512. The predicted octanol–water partition coefficient (Wildman–Crippen LogP) is 1.91. The van der Waals surface area contributed by atoms with Crippen molar-refractivity contribution in [3.05, 3.63) is 24.3 Å². The van der Waals surface area contributed by atoms with Crippen molar-refractivity contribution in [1.82, 2.24) is 0 Å². The van der Waals surface area contributed by atoms with Gasteiger partial charge in [-0.25, -0.2) is 0 Å². The number of fused-ring (bicyclic) bond motifs is 1. The average Bonchev–Trinajstić information content (AvgIpc) is 2.23. The standard InChI is InChI=1S/C10H11NO2S/c11-8-5-4-6-7(10(8)12)2-1-3-9(6)14-13/h1,3-7,9,11,13H,2H2. The maximum absolute atomic E-state index is 11.6. The van der Waals surface area contributed by atoms with Gasteiger partial charge < -0.3 is 4.55 Å². The van der Waals surface area contributed by atoms with Gasteiger partial charge in [-0.15, -0.1) is 0 Å². The molecule has 0 heterocycles. The van der Waals surface area contributed by atoms with Gasteiger partial charge in [-0.1, -0.05) is 18.2 Å². The fourth-order valence-corrected chi connectivity index (χ4v) is 2.60. The molecule has 2 N–H and O–H groups in total. The van der Waals surface area contributed by atoms with Crippen LogP contribution in [0, 0.1) is 17.2 Å². The van der Waals surface area contributed by atoms with Crippen molar-refractivity contribution in [2.45, 2.75) is 11.7 Å². The maximum atomic E-state index is 11.6. The summed E-state index contributed by atoms with van der Waals surface area (Å²) < 4.78 is 9.05. The Balaban J connectivity index is 2.31. The Morgan fingerprint density at radius 3 is 3.00 bits per heavy atom. The molecular weight excluding hydrogens is 198 g/mol. The van der Waals surface area contributed by atoms with Crippen LogP contribution in [-0.4, -0.2) is 21.3 Å². The minimum absolute atomic E-state index is 0.0398. The molecule has 0 saturated heterocycles. The SMILES string of the molecule is N=C1C=CC2C(SO)C=CCC2C1=O. The van der Waals surface area contributed by atoms with E-state index in [1.807, 2.05) is 18.2 Å². The lowest BCUT2D eigenvalue weighted by Crippen LogP contribution is -2.37. The molecule has 3 atom stereocenters. The number of hydrogen-bond donors (Lipinski definition) is 2. The van der Waals surface area contributed by atoms with Crippen molar-refractivity contribution in [3.63, 3.8) is 0 Å². The number of nitrogens with one attached hydrogen (secondary N) is 1. The van der Waals surface area contributed by atoms with Gasteiger partial charge in [-0.3, -0.25) is 10.2 Å². The first-order valence-electron chi connectivity index (χ1n) is 4.52. The third-order valence-electron chi connectivity index (χ3n) is 2.77. The molecule has 4 heteroatoms. The highest BCUT2D eigenvalue weighted by atomic mass is 32.2. The number of carbonyl (C=O) groups is 1. The van der Waals surface area contributed by atoms with Crippen molar-refractivity contribution in [1.29, 1.82) is 5.41 Å². The second-order valence-electron chi connectivity index (χ2n) is 3.55. The highest BCUT2D eigenvalue weighted by molar-refractivity contribution is 7.94. The molecule has 0 aromatic carbocycles. The number of rotatable bonds is 1. The Kier molecular flexibility index (Phi) is 2.56. The molecule has 0 saturated carbocycles. The largest absolute Gasteiger partial charge is 0.329 e. The van der Waals surface area contributed by atoms with Gasteiger partial charge in [0, 0.05) is 11.8 Å². The molecule has 0 radical (unpaired) electrons. The Bertz CT molecular complexity index is 335. The minimum Gasteiger partial charge on any atom is -0.329 e. The second-order valence-corrected chi connectivity index (χ2v) is 4.31. The minimum atomic E-state index is -0.137. The molecule has 2 aliphatic carbocycles. The maximum Gasteiger partial charge on any atom is 0.184 e. The van der Waals surface area contributed by atoms with Crippen LogP contribution in [0.5, 0.6) is 0 Å². The molecule has 0 spiro atoms. The predicted molar refractivity (Wildman–Crippen MR) is 56.6 cm³/mol. The molecular formula is C10H11NO2S. The van der Waals surface area contributed by atoms with E-state index in [-0.39, 0.29) is 28.6 Å². The first-order valence-corrected chi connectivity index (χ1v) is 5.35. The van der Waals surface area contributed by atoms with Crippen LogP contribution in [0.1, 0.15) is 6.42 Å². The normalized spacial score (nSPS) is 35.9. The molecule has 0 fully saturated rings. The zero-order chi connectivity index (χ0) is 10.1. The molecule has 2 rings (SSSR count). The summed E-state index contributed by atoms with van der Waals surface area (Å²) in [6, 6.07) is 0. The lowest BCUT2D eigenvalue weighted by molar-refractivity contribution is -0.117. The van der Waals surface area contributed by atoms with E-state index in [1.54, 1.807) is 6.08 Å². The van der Waals surface area contributed by atoms with E-state index in [9.17, 15) is 4.79 Å². The monoisotopic (exact) mass is 209 g/mol. The number of ketones is 1. The summed E-state index contributed by atoms with van der Waals surface area (Å²) in [7, 11) is 0. The molecule has 0 aromatic rings. The highest BCUT2D eigenvalue weighted by Gasteiger charge is 2.37. The van der Waals surface area contributed by atoms with E-state index >= 15 is 0 Å². The zero-order valence-electron chi connectivity index (χ0n) is 7.51. The fraction of sp³-hybridized carbons (Fsp3) is 0.400. The van der Waals surface area contributed by atoms with Gasteiger partial charge in [0.05, 0.1) is 11.0 Å². The highest BCUT2D eigenvalue weighted by Crippen LogP contribution is 2.35. The van der Waals surface area contributed by atoms with Crippen LogP contribution in [0.2, 0.25) is 0 Å². The molecule has 14 heavy (non-hydrogen) atoms. The van der Waals surface area contributed by atoms with E-state index in [0.29, 0.717) is 6.42 Å². The number of Topliss-reactive ketones (excluding diaryl/α,β-unsaturated/α-hetero) is 1. The molecule has 74 valence electrons. The van der Waals surface area contributed by atoms with E-state index in [1.165, 1.54) is 0 Å². The van der Waals surface area contributed by atoms with Gasteiger partial charge >= 0.3 is 0 Å². The van der Waals surface area contributed by atoms with Gasteiger partial charge in [0.2, 0.25) is 0 Å². The van der Waals surface area contributed by atoms with Crippen LogP contribution < -0.4 is 0 Å². The molecule has 0 amide bonds. The van der Waals surface area contributed by atoms with Crippen molar-refractivity contribution in [2.75, 3.05) is 0 Å². The summed E-state index contributed by atoms with van der Waals surface area (Å²) in [5.41, 5.74) is 0.0863. The summed E-state index contributed by atoms with van der Waals surface area (Å²) in [6.07, 6.45) is 7.95. The number of carbonyl (C=O) groups excluding carboxylic acids is 1. The lowest BCUT2D eigenvalue weighted by atomic mass is 9.75. The molecule has 3 nitrogen and oxygen atoms in total. The van der Waals surface area contributed by atoms with E-state index < -0.39 is 0 Å². The van der Waals surface area contributed by atoms with E-state index in [0.717, 1.165) is 12.0 Å². The van der Waals surface area contributed by atoms with Gasteiger partial charge in [-0.05, 0) is 24.5 Å². The van der Waals surface area contributed by atoms with Gasteiger partial charge in [0.1, 0.15) is 0 Å². The van der Waals surface area contributed by atoms with Gasteiger partial charge in [-0.2, -0.15) is 0 Å². The van der Waals surface area contributed by atoms with E-state index in [2.05, 4.69) is 0 Å². The molecule has 2 aliphatic rings. The smallest absolute Gasteiger partial charge is 0.184 e. The Morgan fingerprint density at radius 2 is 2.29 bits per heavy atom. The first-order chi connectivity index (χ1) is 6.74. The van der Waals surface area contributed by atoms with Crippen molar-refractivity contribution in [3.8, 4) is 0 Å². The van der Waals surface area contributed by atoms with Crippen LogP contribution in [0.25, 0.3) is 0 Å². The molecule has 3 unspecified atom stereocenters. The number of allylic oxidation sites excluding steroid dienone is 3. The molecule has 0 aromatic heterocycles. The van der Waals surface area contributed by atoms with Crippen LogP contribution in [0.3, 0.4) is 0 Å². The Morgan fingerprint density at radius 1 is 1.50 bits per heavy atom. The third kappa shape index (κ3) is 1.44. The summed E-state index contributed by atoms with van der Waals surface area (Å²) in [4.78, 5) is 11.6. The summed E-state index contributed by atoms with van der Waals surface area (Å²) in [6.45, 7) is 0. The number of hydrogen-bond acceptors (Lipinski definition) is 4. The van der Waals surface area contributed by atoms with Crippen molar-refractivity contribution >= 4 is 23.5 Å². The van der Waals surface area contributed by atoms with Crippen LogP contribution >= 0.6 is 12.0 Å². The van der Waals surface area contributed by atoms with E-state index in [4.69, 9.17) is 9.96 Å². The summed E-state index contributed by atoms with van der Waals surface area (Å²) >= 11 is 0.774. The topological polar surface area (TPSA) is 61.1 Å². The second kappa shape index (κ2) is 3.71. The van der Waals surface area contributed by atoms with Gasteiger partial charge in [0.15, 0.2) is 5.78 Å². The average molecular weight is 209 g/mol. The lowest BCUT2D eigenvalue weighted by Gasteiger charge is -2.32. The fourth-order valence-electron chi connectivity index (χ4n) is 1.99.